The zero-order chi connectivity index (χ0) is 11.3. The van der Waals surface area contributed by atoms with E-state index in [1.54, 1.807) is 6.26 Å². The summed E-state index contributed by atoms with van der Waals surface area (Å²) in [7, 11) is 0. The third kappa shape index (κ3) is 3.08. The number of halogens is 1. The van der Waals surface area contributed by atoms with Gasteiger partial charge in [0.15, 0.2) is 0 Å². The molecule has 1 aromatic heterocycles. The highest BCUT2D eigenvalue weighted by atomic mass is 79.9. The van der Waals surface area contributed by atoms with E-state index in [-0.39, 0.29) is 0 Å². The van der Waals surface area contributed by atoms with Gasteiger partial charge in [0, 0.05) is 0 Å². The Balaban J connectivity index is 2.86. The minimum atomic E-state index is 0.328. The molecule has 1 aromatic rings. The van der Waals surface area contributed by atoms with Gasteiger partial charge in [0.2, 0.25) is 0 Å². The normalized spacial score (nSPS) is 13.4. The molecule has 0 saturated carbocycles. The SMILES string of the molecule is CCNC(c1occc1Br)C(CC)CC. The summed E-state index contributed by atoms with van der Waals surface area (Å²) >= 11 is 3.53. The average Bonchev–Trinajstić information content (AvgIpc) is 2.65. The van der Waals surface area contributed by atoms with Crippen LogP contribution in [-0.2, 0) is 0 Å². The third-order valence-corrected chi connectivity index (χ3v) is 3.53. The van der Waals surface area contributed by atoms with E-state index in [4.69, 9.17) is 4.42 Å². The summed E-state index contributed by atoms with van der Waals surface area (Å²) in [4.78, 5) is 0. The lowest BCUT2D eigenvalue weighted by atomic mass is 9.92. The molecule has 2 nitrogen and oxygen atoms in total. The molecule has 0 amide bonds. The summed E-state index contributed by atoms with van der Waals surface area (Å²) in [6, 6.07) is 2.29. The maximum atomic E-state index is 5.55. The van der Waals surface area contributed by atoms with Gasteiger partial charge < -0.3 is 9.73 Å². The number of hydrogen-bond acceptors (Lipinski definition) is 2. The van der Waals surface area contributed by atoms with Crippen molar-refractivity contribution in [3.8, 4) is 0 Å². The lowest BCUT2D eigenvalue weighted by molar-refractivity contribution is 0.297. The molecule has 1 N–H and O–H groups in total. The van der Waals surface area contributed by atoms with E-state index in [1.165, 1.54) is 12.8 Å². The molecule has 15 heavy (non-hydrogen) atoms. The lowest BCUT2D eigenvalue weighted by Crippen LogP contribution is -2.27. The van der Waals surface area contributed by atoms with Crippen molar-refractivity contribution >= 4 is 15.9 Å². The fourth-order valence-electron chi connectivity index (χ4n) is 1.98. The lowest BCUT2D eigenvalue weighted by Gasteiger charge is -2.24. The second kappa shape index (κ2) is 6.33. The second-order valence-corrected chi connectivity index (χ2v) is 4.60. The first-order chi connectivity index (χ1) is 7.24. The van der Waals surface area contributed by atoms with E-state index in [2.05, 4.69) is 42.0 Å². The highest BCUT2D eigenvalue weighted by Gasteiger charge is 2.24. The van der Waals surface area contributed by atoms with E-state index >= 15 is 0 Å². The zero-order valence-electron chi connectivity index (χ0n) is 9.72. The molecule has 3 heteroatoms. The number of hydrogen-bond donors (Lipinski definition) is 1. The van der Waals surface area contributed by atoms with E-state index < -0.39 is 0 Å². The smallest absolute Gasteiger partial charge is 0.135 e. The van der Waals surface area contributed by atoms with Gasteiger partial charge in [-0.1, -0.05) is 33.6 Å². The molecule has 1 unspecified atom stereocenters. The summed E-state index contributed by atoms with van der Waals surface area (Å²) in [5, 5.41) is 3.50. The van der Waals surface area contributed by atoms with Crippen molar-refractivity contribution in [2.24, 2.45) is 5.92 Å². The highest BCUT2D eigenvalue weighted by molar-refractivity contribution is 9.10. The quantitative estimate of drug-likeness (QED) is 0.843. The van der Waals surface area contributed by atoms with Crippen LogP contribution in [0.15, 0.2) is 21.2 Å². The number of furan rings is 1. The molecule has 86 valence electrons. The van der Waals surface area contributed by atoms with Gasteiger partial charge in [-0.2, -0.15) is 0 Å². The van der Waals surface area contributed by atoms with Crippen molar-refractivity contribution in [3.05, 3.63) is 22.6 Å². The summed E-state index contributed by atoms with van der Waals surface area (Å²) in [5.74, 6) is 1.66. The second-order valence-electron chi connectivity index (χ2n) is 3.74. The Morgan fingerprint density at radius 2 is 2.00 bits per heavy atom. The number of nitrogens with one attached hydrogen (secondary N) is 1. The average molecular weight is 274 g/mol. The summed E-state index contributed by atoms with van der Waals surface area (Å²) < 4.78 is 6.62. The maximum Gasteiger partial charge on any atom is 0.135 e. The maximum absolute atomic E-state index is 5.55. The molecule has 1 heterocycles. The third-order valence-electron chi connectivity index (χ3n) is 2.87. The van der Waals surface area contributed by atoms with Gasteiger partial charge in [-0.25, -0.2) is 0 Å². The molecule has 0 saturated heterocycles. The summed E-state index contributed by atoms with van der Waals surface area (Å²) in [6.07, 6.45) is 4.08. The molecule has 0 spiro atoms. The Kier molecular flexibility index (Phi) is 5.40. The zero-order valence-corrected chi connectivity index (χ0v) is 11.3. The van der Waals surface area contributed by atoms with Crippen LogP contribution in [0.2, 0.25) is 0 Å². The van der Waals surface area contributed by atoms with Crippen LogP contribution in [0.3, 0.4) is 0 Å². The number of rotatable bonds is 6. The van der Waals surface area contributed by atoms with Crippen molar-refractivity contribution in [3.63, 3.8) is 0 Å². The summed E-state index contributed by atoms with van der Waals surface area (Å²) in [5.41, 5.74) is 0. The molecule has 0 bridgehead atoms. The largest absolute Gasteiger partial charge is 0.466 e. The van der Waals surface area contributed by atoms with Crippen molar-refractivity contribution in [2.45, 2.75) is 39.7 Å². The van der Waals surface area contributed by atoms with Crippen LogP contribution < -0.4 is 5.32 Å². The Morgan fingerprint density at radius 3 is 2.40 bits per heavy atom. The molecule has 1 rings (SSSR count). The van der Waals surface area contributed by atoms with E-state index in [0.717, 1.165) is 16.8 Å². The van der Waals surface area contributed by atoms with E-state index in [9.17, 15) is 0 Å². The molecular formula is C12H20BrNO. The van der Waals surface area contributed by atoms with Gasteiger partial charge in [0.25, 0.3) is 0 Å². The van der Waals surface area contributed by atoms with E-state index in [1.807, 2.05) is 6.07 Å². The van der Waals surface area contributed by atoms with Crippen molar-refractivity contribution in [1.29, 1.82) is 0 Å². The van der Waals surface area contributed by atoms with Gasteiger partial charge in [0.05, 0.1) is 16.8 Å². The first-order valence-electron chi connectivity index (χ1n) is 5.70. The van der Waals surface area contributed by atoms with E-state index in [0.29, 0.717) is 12.0 Å². The predicted molar refractivity (Wildman–Crippen MR) is 66.9 cm³/mol. The molecule has 1 atom stereocenters. The minimum absolute atomic E-state index is 0.328. The molecular weight excluding hydrogens is 254 g/mol. The monoisotopic (exact) mass is 273 g/mol. The minimum Gasteiger partial charge on any atom is -0.466 e. The van der Waals surface area contributed by atoms with Crippen molar-refractivity contribution in [2.75, 3.05) is 6.54 Å². The molecule has 0 aromatic carbocycles. The Morgan fingerprint density at radius 1 is 1.33 bits per heavy atom. The fraction of sp³-hybridized carbons (Fsp3) is 0.667. The highest BCUT2D eigenvalue weighted by Crippen LogP contribution is 2.32. The Hall–Kier alpha value is -0.280. The topological polar surface area (TPSA) is 25.2 Å². The van der Waals surface area contributed by atoms with Crippen molar-refractivity contribution in [1.82, 2.24) is 5.32 Å². The molecule has 0 radical (unpaired) electrons. The first-order valence-corrected chi connectivity index (χ1v) is 6.50. The fourth-order valence-corrected chi connectivity index (χ4v) is 2.43. The van der Waals surface area contributed by atoms with Crippen LogP contribution in [0.5, 0.6) is 0 Å². The van der Waals surface area contributed by atoms with Crippen LogP contribution in [0.1, 0.15) is 45.4 Å². The van der Waals surface area contributed by atoms with Gasteiger partial charge >= 0.3 is 0 Å². The Bertz CT molecular complexity index is 281. The molecule has 0 fully saturated rings. The van der Waals surface area contributed by atoms with Crippen LogP contribution in [-0.4, -0.2) is 6.54 Å². The van der Waals surface area contributed by atoms with Crippen LogP contribution in [0.25, 0.3) is 0 Å². The van der Waals surface area contributed by atoms with Crippen molar-refractivity contribution < 1.29 is 4.42 Å². The van der Waals surface area contributed by atoms with Gasteiger partial charge in [-0.15, -0.1) is 0 Å². The predicted octanol–water partition coefficient (Wildman–Crippen LogP) is 4.13. The standard InChI is InChI=1S/C12H20BrNO/c1-4-9(5-2)11(14-6-3)12-10(13)7-8-15-12/h7-9,11,14H,4-6H2,1-3H3. The molecule has 0 aliphatic rings. The van der Waals surface area contributed by atoms with Gasteiger partial charge in [-0.05, 0) is 34.5 Å². The van der Waals surface area contributed by atoms with Crippen LogP contribution in [0.4, 0.5) is 0 Å². The molecule has 0 aliphatic carbocycles. The Labute approximate surface area is 101 Å². The first kappa shape index (κ1) is 12.8. The van der Waals surface area contributed by atoms with Gasteiger partial charge in [-0.3, -0.25) is 0 Å². The van der Waals surface area contributed by atoms with Crippen LogP contribution in [0, 0.1) is 5.92 Å². The molecule has 0 aliphatic heterocycles. The van der Waals surface area contributed by atoms with Gasteiger partial charge in [0.1, 0.15) is 5.76 Å². The van der Waals surface area contributed by atoms with Crippen LogP contribution >= 0.6 is 15.9 Å². The summed E-state index contributed by atoms with van der Waals surface area (Å²) in [6.45, 7) is 7.56.